The van der Waals surface area contributed by atoms with Gasteiger partial charge in [0.05, 0.1) is 5.92 Å². The van der Waals surface area contributed by atoms with Crippen LogP contribution in [0.4, 0.5) is 0 Å². The average molecular weight is 344 g/mol. The fourth-order valence-electron chi connectivity index (χ4n) is 5.82. The molecular weight excluding hydrogens is 310 g/mol. The molecule has 0 aromatic carbocycles. The molecule has 2 heterocycles. The molecule has 0 spiro atoms. The van der Waals surface area contributed by atoms with Crippen molar-refractivity contribution in [2.75, 3.05) is 19.6 Å². The van der Waals surface area contributed by atoms with Gasteiger partial charge in [0.15, 0.2) is 0 Å². The molecule has 138 valence electrons. The number of hydrogen-bond acceptors (Lipinski definition) is 3. The van der Waals surface area contributed by atoms with Gasteiger partial charge >= 0.3 is 5.97 Å². The molecule has 4 atom stereocenters. The maximum Gasteiger partial charge on any atom is 0.311 e. The van der Waals surface area contributed by atoms with Crippen LogP contribution in [0.1, 0.15) is 59.8 Å². The molecule has 0 unspecified atom stereocenters. The van der Waals surface area contributed by atoms with Gasteiger partial charge in [-0.3, -0.25) is 4.79 Å². The number of piperidine rings is 1. The summed E-state index contributed by atoms with van der Waals surface area (Å²) in [5.74, 6) is 0.326. The Bertz CT molecular complexity index is 632. The Balaban J connectivity index is 1.57. The van der Waals surface area contributed by atoms with Crippen LogP contribution in [0.25, 0.3) is 0 Å². The number of fused-ring (bicyclic) bond motifs is 2. The Morgan fingerprint density at radius 3 is 2.84 bits per heavy atom. The largest absolute Gasteiger partial charge is 0.461 e. The number of carbonyl (C=O) groups is 1. The summed E-state index contributed by atoms with van der Waals surface area (Å²) < 4.78 is 5.89. The summed E-state index contributed by atoms with van der Waals surface area (Å²) in [6, 6.07) is 0. The normalized spacial score (nSPS) is 40.6. The van der Waals surface area contributed by atoms with Crippen LogP contribution in [-0.4, -0.2) is 36.6 Å². The fraction of sp³-hybridized carbons (Fsp3) is 0.773. The second-order valence-electron chi connectivity index (χ2n) is 9.93. The van der Waals surface area contributed by atoms with Crippen molar-refractivity contribution in [2.45, 2.75) is 65.9 Å². The lowest BCUT2D eigenvalue weighted by atomic mass is 9.62. The molecule has 0 aromatic heterocycles. The van der Waals surface area contributed by atoms with E-state index in [0.29, 0.717) is 5.41 Å². The van der Waals surface area contributed by atoms with E-state index in [4.69, 9.17) is 4.74 Å². The number of rotatable bonds is 2. The molecule has 0 amide bonds. The lowest BCUT2D eigenvalue weighted by Gasteiger charge is -2.43. The van der Waals surface area contributed by atoms with Crippen molar-refractivity contribution < 1.29 is 9.53 Å². The number of allylic oxidation sites excluding steroid dienone is 3. The van der Waals surface area contributed by atoms with E-state index in [1.165, 1.54) is 30.4 Å². The summed E-state index contributed by atoms with van der Waals surface area (Å²) in [7, 11) is 0. The van der Waals surface area contributed by atoms with Gasteiger partial charge in [0.2, 0.25) is 0 Å². The van der Waals surface area contributed by atoms with Gasteiger partial charge in [0.1, 0.15) is 6.10 Å². The molecule has 2 saturated heterocycles. The smallest absolute Gasteiger partial charge is 0.311 e. The first-order valence-corrected chi connectivity index (χ1v) is 10.1. The molecule has 2 aliphatic heterocycles. The fourth-order valence-corrected chi connectivity index (χ4v) is 5.82. The molecule has 4 rings (SSSR count). The van der Waals surface area contributed by atoms with Gasteiger partial charge in [-0.15, -0.1) is 0 Å². The van der Waals surface area contributed by atoms with E-state index >= 15 is 0 Å². The van der Waals surface area contributed by atoms with Crippen LogP contribution in [0, 0.1) is 22.7 Å². The lowest BCUT2D eigenvalue weighted by Crippen LogP contribution is -2.44. The monoisotopic (exact) mass is 343 g/mol. The molecule has 4 aliphatic rings. The zero-order valence-electron chi connectivity index (χ0n) is 16.3. The van der Waals surface area contributed by atoms with E-state index in [1.54, 1.807) is 0 Å². The lowest BCUT2D eigenvalue weighted by molar-refractivity contribution is -0.145. The van der Waals surface area contributed by atoms with E-state index < -0.39 is 0 Å². The van der Waals surface area contributed by atoms with Crippen LogP contribution in [0.3, 0.4) is 0 Å². The molecule has 2 fully saturated rings. The van der Waals surface area contributed by atoms with Crippen LogP contribution in [-0.2, 0) is 9.53 Å². The Hall–Kier alpha value is -1.09. The second-order valence-corrected chi connectivity index (χ2v) is 9.93. The zero-order chi connectivity index (χ0) is 17.8. The number of ether oxygens (including phenoxy) is 1. The summed E-state index contributed by atoms with van der Waals surface area (Å²) >= 11 is 0. The minimum absolute atomic E-state index is 0.0191. The third-order valence-corrected chi connectivity index (χ3v) is 7.13. The topological polar surface area (TPSA) is 29.5 Å². The Morgan fingerprint density at radius 2 is 2.08 bits per heavy atom. The quantitative estimate of drug-likeness (QED) is 0.699. The van der Waals surface area contributed by atoms with E-state index in [0.717, 1.165) is 32.5 Å². The van der Waals surface area contributed by atoms with Crippen LogP contribution < -0.4 is 0 Å². The van der Waals surface area contributed by atoms with Gasteiger partial charge in [-0.05, 0) is 62.0 Å². The molecule has 25 heavy (non-hydrogen) atoms. The summed E-state index contributed by atoms with van der Waals surface area (Å²) in [4.78, 5) is 15.2. The highest BCUT2D eigenvalue weighted by Gasteiger charge is 2.51. The summed E-state index contributed by atoms with van der Waals surface area (Å²) in [5.41, 5.74) is 3.47. The standard InChI is InChI=1S/C22H33NO2/c1-15-7-5-9-22(4)12-19-16(11-18(15)22)17(20(24)25-19)13-23-10-6-8-21(2,3)14-23/h7,11,16-17,19H,5-6,8-10,12-14H2,1-4H3/t16-,17-,19-,22-/m1/s1. The molecule has 0 radical (unpaired) electrons. The van der Waals surface area contributed by atoms with Gasteiger partial charge in [-0.2, -0.15) is 0 Å². The predicted octanol–water partition coefficient (Wildman–Crippen LogP) is 4.34. The maximum absolute atomic E-state index is 12.7. The molecule has 0 aromatic rings. The highest BCUT2D eigenvalue weighted by molar-refractivity contribution is 5.76. The predicted molar refractivity (Wildman–Crippen MR) is 100 cm³/mol. The number of carbonyl (C=O) groups excluding carboxylic acids is 1. The summed E-state index contributed by atoms with van der Waals surface area (Å²) in [6.45, 7) is 12.4. The van der Waals surface area contributed by atoms with Crippen molar-refractivity contribution in [3.63, 3.8) is 0 Å². The first-order chi connectivity index (χ1) is 11.8. The van der Waals surface area contributed by atoms with E-state index in [9.17, 15) is 4.79 Å². The van der Waals surface area contributed by atoms with Gasteiger partial charge < -0.3 is 9.64 Å². The van der Waals surface area contributed by atoms with Crippen LogP contribution >= 0.6 is 0 Å². The Labute approximate surface area is 152 Å². The maximum atomic E-state index is 12.7. The van der Waals surface area contributed by atoms with Crippen LogP contribution in [0.2, 0.25) is 0 Å². The number of likely N-dealkylation sites (tertiary alicyclic amines) is 1. The van der Waals surface area contributed by atoms with Gasteiger partial charge in [0.25, 0.3) is 0 Å². The second kappa shape index (κ2) is 5.97. The van der Waals surface area contributed by atoms with E-state index in [-0.39, 0.29) is 29.3 Å². The minimum Gasteiger partial charge on any atom is -0.461 e. The van der Waals surface area contributed by atoms with Crippen molar-refractivity contribution in [3.8, 4) is 0 Å². The van der Waals surface area contributed by atoms with Crippen molar-refractivity contribution in [3.05, 3.63) is 23.3 Å². The van der Waals surface area contributed by atoms with E-state index in [2.05, 4.69) is 44.7 Å². The van der Waals surface area contributed by atoms with Gasteiger partial charge in [-0.25, -0.2) is 0 Å². The highest BCUT2D eigenvalue weighted by Crippen LogP contribution is 2.52. The number of hydrogen-bond donors (Lipinski definition) is 0. The van der Waals surface area contributed by atoms with Crippen molar-refractivity contribution in [1.29, 1.82) is 0 Å². The average Bonchev–Trinajstić information content (AvgIpc) is 2.79. The minimum atomic E-state index is 0.0191. The first kappa shape index (κ1) is 17.3. The van der Waals surface area contributed by atoms with Gasteiger partial charge in [0, 0.05) is 19.0 Å². The molecule has 3 nitrogen and oxygen atoms in total. The third kappa shape index (κ3) is 3.09. The zero-order valence-corrected chi connectivity index (χ0v) is 16.3. The van der Waals surface area contributed by atoms with Crippen LogP contribution in [0.5, 0.6) is 0 Å². The van der Waals surface area contributed by atoms with Gasteiger partial charge in [-0.1, -0.05) is 38.5 Å². The SMILES string of the molecule is CC1=CCC[C@]2(C)C[C@H]3OC(=O)[C@H](CN4CCCC(C)(C)C4)[C@H]3C=C12. The third-order valence-electron chi connectivity index (χ3n) is 7.13. The Morgan fingerprint density at radius 1 is 1.28 bits per heavy atom. The van der Waals surface area contributed by atoms with Crippen molar-refractivity contribution in [1.82, 2.24) is 4.90 Å². The van der Waals surface area contributed by atoms with Crippen molar-refractivity contribution >= 4 is 5.97 Å². The highest BCUT2D eigenvalue weighted by atomic mass is 16.6. The Kier molecular flexibility index (Phi) is 4.14. The first-order valence-electron chi connectivity index (χ1n) is 10.1. The summed E-state index contributed by atoms with van der Waals surface area (Å²) in [6.07, 6.45) is 10.7. The molecule has 2 aliphatic carbocycles. The molecule has 0 N–H and O–H groups in total. The molecule has 0 bridgehead atoms. The molecular formula is C22H33NO2. The number of nitrogens with zero attached hydrogens (tertiary/aromatic N) is 1. The van der Waals surface area contributed by atoms with E-state index in [1.807, 2.05) is 0 Å². The van der Waals surface area contributed by atoms with Crippen LogP contribution in [0.15, 0.2) is 23.3 Å². The summed E-state index contributed by atoms with van der Waals surface area (Å²) in [5, 5.41) is 0. The molecule has 0 saturated carbocycles. The van der Waals surface area contributed by atoms with Crippen molar-refractivity contribution in [2.24, 2.45) is 22.7 Å². The number of esters is 1. The molecule has 3 heteroatoms.